The fraction of sp³-hybridized carbons (Fsp3) is 0.500. The van der Waals surface area contributed by atoms with E-state index in [1.165, 1.54) is 20.0 Å². The molecule has 2 rings (SSSR count). The summed E-state index contributed by atoms with van der Waals surface area (Å²) in [6.07, 6.45) is 3.66. The zero-order chi connectivity index (χ0) is 12.8. The third-order valence-corrected chi connectivity index (χ3v) is 3.27. The van der Waals surface area contributed by atoms with Crippen molar-refractivity contribution >= 4 is 11.7 Å². The van der Waals surface area contributed by atoms with Gasteiger partial charge in [-0.15, -0.1) is 0 Å². The van der Waals surface area contributed by atoms with E-state index in [1.54, 1.807) is 6.07 Å². The van der Waals surface area contributed by atoms with Crippen LogP contribution in [-0.2, 0) is 4.74 Å². The number of carbonyl (C=O) groups excluding carboxylic acids is 1. The monoisotopic (exact) mass is 248 g/mol. The first-order valence-corrected chi connectivity index (χ1v) is 6.45. The molecule has 18 heavy (non-hydrogen) atoms. The summed E-state index contributed by atoms with van der Waals surface area (Å²) in [7, 11) is 1.40. The molecule has 1 aliphatic rings. The van der Waals surface area contributed by atoms with Crippen LogP contribution in [0, 0.1) is 0 Å². The van der Waals surface area contributed by atoms with Gasteiger partial charge in [0.2, 0.25) is 0 Å². The lowest BCUT2D eigenvalue weighted by molar-refractivity contribution is 0.0601. The number of nitrogens with one attached hydrogen (secondary N) is 2. The van der Waals surface area contributed by atoms with Crippen molar-refractivity contribution in [2.75, 3.05) is 25.5 Å². The maximum Gasteiger partial charge on any atom is 0.337 e. The molecule has 4 nitrogen and oxygen atoms in total. The van der Waals surface area contributed by atoms with E-state index >= 15 is 0 Å². The Morgan fingerprint density at radius 2 is 2.44 bits per heavy atom. The van der Waals surface area contributed by atoms with Crippen LogP contribution in [0.4, 0.5) is 5.69 Å². The summed E-state index contributed by atoms with van der Waals surface area (Å²) in [4.78, 5) is 11.4. The molecule has 0 aromatic heterocycles. The molecule has 1 atom stereocenters. The van der Waals surface area contributed by atoms with Crippen LogP contribution in [0.25, 0.3) is 0 Å². The lowest BCUT2D eigenvalue weighted by atomic mass is 10.1. The fourth-order valence-electron chi connectivity index (χ4n) is 2.27. The minimum Gasteiger partial charge on any atom is -0.465 e. The molecule has 1 saturated heterocycles. The fourth-order valence-corrected chi connectivity index (χ4v) is 2.27. The third-order valence-electron chi connectivity index (χ3n) is 3.27. The number of ether oxygens (including phenoxy) is 1. The molecule has 0 radical (unpaired) electrons. The van der Waals surface area contributed by atoms with Crippen LogP contribution in [0.15, 0.2) is 24.3 Å². The highest BCUT2D eigenvalue weighted by Crippen LogP contribution is 2.13. The van der Waals surface area contributed by atoms with Crippen LogP contribution in [0.2, 0.25) is 0 Å². The first-order chi connectivity index (χ1) is 8.79. The van der Waals surface area contributed by atoms with Gasteiger partial charge in [-0.2, -0.15) is 0 Å². The molecule has 0 bridgehead atoms. The average Bonchev–Trinajstić information content (AvgIpc) is 2.91. The maximum atomic E-state index is 11.4. The Morgan fingerprint density at radius 3 is 3.17 bits per heavy atom. The van der Waals surface area contributed by atoms with Gasteiger partial charge in [-0.05, 0) is 44.0 Å². The number of hydrogen-bond acceptors (Lipinski definition) is 4. The summed E-state index contributed by atoms with van der Waals surface area (Å²) in [5.74, 6) is -0.295. The van der Waals surface area contributed by atoms with Crippen LogP contribution >= 0.6 is 0 Å². The van der Waals surface area contributed by atoms with Crippen molar-refractivity contribution in [1.82, 2.24) is 5.32 Å². The summed E-state index contributed by atoms with van der Waals surface area (Å²) in [6, 6.07) is 8.06. The number of methoxy groups -OCH3 is 1. The van der Waals surface area contributed by atoms with E-state index in [0.29, 0.717) is 11.6 Å². The van der Waals surface area contributed by atoms with Crippen molar-refractivity contribution in [2.24, 2.45) is 0 Å². The van der Waals surface area contributed by atoms with Gasteiger partial charge in [0.05, 0.1) is 12.7 Å². The lowest BCUT2D eigenvalue weighted by Crippen LogP contribution is -2.24. The molecule has 1 heterocycles. The second-order valence-electron chi connectivity index (χ2n) is 4.58. The van der Waals surface area contributed by atoms with Crippen molar-refractivity contribution in [3.63, 3.8) is 0 Å². The first-order valence-electron chi connectivity index (χ1n) is 6.45. The molecule has 0 amide bonds. The van der Waals surface area contributed by atoms with E-state index in [4.69, 9.17) is 4.74 Å². The topological polar surface area (TPSA) is 50.4 Å². The van der Waals surface area contributed by atoms with E-state index in [0.717, 1.165) is 25.2 Å². The largest absolute Gasteiger partial charge is 0.465 e. The maximum absolute atomic E-state index is 11.4. The molecule has 1 aromatic rings. The number of esters is 1. The molecule has 1 aromatic carbocycles. The van der Waals surface area contributed by atoms with Crippen molar-refractivity contribution < 1.29 is 9.53 Å². The van der Waals surface area contributed by atoms with Crippen LogP contribution in [-0.4, -0.2) is 32.2 Å². The highest BCUT2D eigenvalue weighted by atomic mass is 16.5. The van der Waals surface area contributed by atoms with Crippen molar-refractivity contribution in [1.29, 1.82) is 0 Å². The number of hydrogen-bond donors (Lipinski definition) is 2. The molecule has 0 saturated carbocycles. The van der Waals surface area contributed by atoms with Gasteiger partial charge in [0.15, 0.2) is 0 Å². The summed E-state index contributed by atoms with van der Waals surface area (Å²) in [6.45, 7) is 2.06. The third kappa shape index (κ3) is 3.47. The van der Waals surface area contributed by atoms with Crippen molar-refractivity contribution in [3.8, 4) is 0 Å². The van der Waals surface area contributed by atoms with Gasteiger partial charge in [0.25, 0.3) is 0 Å². The smallest absolute Gasteiger partial charge is 0.337 e. The number of carbonyl (C=O) groups is 1. The Morgan fingerprint density at radius 1 is 1.56 bits per heavy atom. The normalized spacial score (nSPS) is 18.6. The van der Waals surface area contributed by atoms with Crippen LogP contribution in [0.1, 0.15) is 29.6 Å². The number of rotatable bonds is 5. The second-order valence-corrected chi connectivity index (χ2v) is 4.58. The molecule has 1 unspecified atom stereocenters. The Bertz CT molecular complexity index is 401. The Labute approximate surface area is 108 Å². The quantitative estimate of drug-likeness (QED) is 0.783. The van der Waals surface area contributed by atoms with E-state index in [9.17, 15) is 4.79 Å². The predicted molar refractivity (Wildman–Crippen MR) is 71.9 cm³/mol. The van der Waals surface area contributed by atoms with Gasteiger partial charge in [-0.25, -0.2) is 4.79 Å². The summed E-state index contributed by atoms with van der Waals surface area (Å²) in [5, 5.41) is 6.81. The van der Waals surface area contributed by atoms with Gasteiger partial charge < -0.3 is 15.4 Å². The van der Waals surface area contributed by atoms with E-state index in [2.05, 4.69) is 10.6 Å². The standard InChI is InChI=1S/C14H20N2O2/c1-18-14(17)11-4-2-5-13(10-11)16-9-7-12-6-3-8-15-12/h2,4-5,10,12,15-16H,3,6-9H2,1H3. The molecule has 4 heteroatoms. The van der Waals surface area contributed by atoms with Gasteiger partial charge in [-0.3, -0.25) is 0 Å². The minimum absolute atomic E-state index is 0.295. The van der Waals surface area contributed by atoms with Gasteiger partial charge in [0, 0.05) is 18.3 Å². The lowest BCUT2D eigenvalue weighted by Gasteiger charge is -2.12. The number of anilines is 1. The summed E-state index contributed by atoms with van der Waals surface area (Å²) < 4.78 is 4.70. The van der Waals surface area contributed by atoms with Crippen molar-refractivity contribution in [2.45, 2.75) is 25.3 Å². The van der Waals surface area contributed by atoms with Gasteiger partial charge >= 0.3 is 5.97 Å². The van der Waals surface area contributed by atoms with E-state index in [-0.39, 0.29) is 5.97 Å². The number of benzene rings is 1. The highest BCUT2D eigenvalue weighted by molar-refractivity contribution is 5.90. The molecular formula is C14H20N2O2. The van der Waals surface area contributed by atoms with Crippen molar-refractivity contribution in [3.05, 3.63) is 29.8 Å². The van der Waals surface area contributed by atoms with Gasteiger partial charge in [0.1, 0.15) is 0 Å². The molecule has 0 spiro atoms. The highest BCUT2D eigenvalue weighted by Gasteiger charge is 2.13. The predicted octanol–water partition coefficient (Wildman–Crippen LogP) is 2.03. The molecule has 2 N–H and O–H groups in total. The Hall–Kier alpha value is -1.55. The SMILES string of the molecule is COC(=O)c1cccc(NCCC2CCCN2)c1. The van der Waals surface area contributed by atoms with E-state index < -0.39 is 0 Å². The molecule has 1 aliphatic heterocycles. The van der Waals surface area contributed by atoms with Crippen LogP contribution in [0.5, 0.6) is 0 Å². The zero-order valence-electron chi connectivity index (χ0n) is 10.7. The zero-order valence-corrected chi connectivity index (χ0v) is 10.7. The molecule has 0 aliphatic carbocycles. The van der Waals surface area contributed by atoms with Crippen LogP contribution < -0.4 is 10.6 Å². The summed E-state index contributed by atoms with van der Waals surface area (Å²) >= 11 is 0. The Kier molecular flexibility index (Phi) is 4.59. The Balaban J connectivity index is 1.83. The van der Waals surface area contributed by atoms with Gasteiger partial charge in [-0.1, -0.05) is 6.07 Å². The molecular weight excluding hydrogens is 228 g/mol. The average molecular weight is 248 g/mol. The molecule has 98 valence electrons. The van der Waals surface area contributed by atoms with Crippen LogP contribution in [0.3, 0.4) is 0 Å². The summed E-state index contributed by atoms with van der Waals surface area (Å²) in [5.41, 5.74) is 1.55. The minimum atomic E-state index is -0.295. The second kappa shape index (κ2) is 6.40. The first kappa shape index (κ1) is 12.9. The molecule has 1 fully saturated rings. The van der Waals surface area contributed by atoms with E-state index in [1.807, 2.05) is 18.2 Å².